The molecule has 2 atom stereocenters. The number of hydrogen-bond acceptors (Lipinski definition) is 3. The molecule has 0 spiro atoms. The predicted molar refractivity (Wildman–Crippen MR) is 89.8 cm³/mol. The maximum atomic E-state index is 11.8. The molecule has 1 amide bonds. The van der Waals surface area contributed by atoms with Gasteiger partial charge in [-0.25, -0.2) is 4.98 Å². The van der Waals surface area contributed by atoms with Gasteiger partial charge in [-0.05, 0) is 25.8 Å². The zero-order valence-corrected chi connectivity index (χ0v) is 13.7. The van der Waals surface area contributed by atoms with Crippen LogP contribution in [0.3, 0.4) is 0 Å². The Balaban J connectivity index is 1.72. The lowest BCUT2D eigenvalue weighted by atomic mass is 9.92. The van der Waals surface area contributed by atoms with E-state index >= 15 is 0 Å². The van der Waals surface area contributed by atoms with E-state index < -0.39 is 0 Å². The summed E-state index contributed by atoms with van der Waals surface area (Å²) in [4.78, 5) is 16.3. The van der Waals surface area contributed by atoms with Crippen molar-refractivity contribution in [1.29, 1.82) is 0 Å². The van der Waals surface area contributed by atoms with E-state index in [-0.39, 0.29) is 18.0 Å². The van der Waals surface area contributed by atoms with Crippen LogP contribution in [0.1, 0.15) is 50.2 Å². The van der Waals surface area contributed by atoms with Crippen LogP contribution >= 0.6 is 0 Å². The lowest BCUT2D eigenvalue weighted by molar-refractivity contribution is -0.123. The largest absolute Gasteiger partial charge is 0.348 e. The van der Waals surface area contributed by atoms with Gasteiger partial charge in [0.15, 0.2) is 0 Å². The minimum absolute atomic E-state index is 0.0138. The number of amides is 1. The van der Waals surface area contributed by atoms with Crippen LogP contribution in [-0.2, 0) is 11.3 Å². The molecule has 3 rings (SSSR count). The maximum Gasteiger partial charge on any atom is 0.220 e. The third-order valence-corrected chi connectivity index (χ3v) is 4.39. The molecular weight excluding hydrogens is 288 g/mol. The van der Waals surface area contributed by atoms with E-state index in [9.17, 15) is 4.79 Å². The molecule has 2 heterocycles. The molecule has 0 radical (unpaired) electrons. The minimum Gasteiger partial charge on any atom is -0.348 e. The van der Waals surface area contributed by atoms with E-state index in [1.165, 1.54) is 0 Å². The standard InChI is InChI=1S/C18H24N4O/c1-13(2)22-11-10-19-16(22)12-20-15-8-9-17(23)21-18(15)14-6-4-3-5-7-14/h3-7,10-11,13,15,18,20H,8-9,12H2,1-2H3,(H,21,23)/t15-,18+/m1/s1. The third kappa shape index (κ3) is 3.62. The van der Waals surface area contributed by atoms with E-state index in [0.29, 0.717) is 19.0 Å². The van der Waals surface area contributed by atoms with Crippen LogP contribution in [0.4, 0.5) is 0 Å². The molecule has 1 aromatic carbocycles. The molecule has 5 nitrogen and oxygen atoms in total. The van der Waals surface area contributed by atoms with E-state index in [1.54, 1.807) is 0 Å². The van der Waals surface area contributed by atoms with Gasteiger partial charge in [-0.3, -0.25) is 4.79 Å². The Hall–Kier alpha value is -2.14. The van der Waals surface area contributed by atoms with Gasteiger partial charge in [-0.15, -0.1) is 0 Å². The average Bonchev–Trinajstić information content (AvgIpc) is 3.03. The summed E-state index contributed by atoms with van der Waals surface area (Å²) in [7, 11) is 0. The molecule has 1 fully saturated rings. The smallest absolute Gasteiger partial charge is 0.220 e. The highest BCUT2D eigenvalue weighted by Gasteiger charge is 2.29. The van der Waals surface area contributed by atoms with Gasteiger partial charge in [0.25, 0.3) is 0 Å². The lowest BCUT2D eigenvalue weighted by Crippen LogP contribution is -2.48. The molecule has 2 aromatic rings. The van der Waals surface area contributed by atoms with Gasteiger partial charge in [0.2, 0.25) is 5.91 Å². The Bertz CT molecular complexity index is 650. The van der Waals surface area contributed by atoms with Crippen molar-refractivity contribution < 1.29 is 4.79 Å². The first-order chi connectivity index (χ1) is 11.1. The molecular formula is C18H24N4O. The molecule has 1 aromatic heterocycles. The Morgan fingerprint density at radius 2 is 2.13 bits per heavy atom. The summed E-state index contributed by atoms with van der Waals surface area (Å²) in [6, 6.07) is 10.8. The van der Waals surface area contributed by atoms with Crippen molar-refractivity contribution in [2.24, 2.45) is 0 Å². The topological polar surface area (TPSA) is 59.0 Å². The monoisotopic (exact) mass is 312 g/mol. The molecule has 5 heteroatoms. The van der Waals surface area contributed by atoms with Crippen molar-refractivity contribution in [3.8, 4) is 0 Å². The van der Waals surface area contributed by atoms with Crippen LogP contribution in [0.15, 0.2) is 42.7 Å². The zero-order valence-electron chi connectivity index (χ0n) is 13.7. The second-order valence-corrected chi connectivity index (χ2v) is 6.33. The van der Waals surface area contributed by atoms with Crippen LogP contribution < -0.4 is 10.6 Å². The van der Waals surface area contributed by atoms with Crippen molar-refractivity contribution in [3.63, 3.8) is 0 Å². The molecule has 1 aliphatic rings. The predicted octanol–water partition coefficient (Wildman–Crippen LogP) is 2.57. The molecule has 1 saturated heterocycles. The van der Waals surface area contributed by atoms with E-state index in [4.69, 9.17) is 0 Å². The second-order valence-electron chi connectivity index (χ2n) is 6.33. The number of nitrogens with one attached hydrogen (secondary N) is 2. The quantitative estimate of drug-likeness (QED) is 0.892. The summed E-state index contributed by atoms with van der Waals surface area (Å²) in [5.74, 6) is 1.16. The number of hydrogen-bond donors (Lipinski definition) is 2. The number of aromatic nitrogens is 2. The Kier molecular flexibility index (Phi) is 4.76. The number of imidazole rings is 1. The van der Waals surface area contributed by atoms with Crippen LogP contribution in [0, 0.1) is 0 Å². The van der Waals surface area contributed by atoms with Gasteiger partial charge in [0.1, 0.15) is 5.82 Å². The average molecular weight is 312 g/mol. The van der Waals surface area contributed by atoms with Crippen molar-refractivity contribution in [2.75, 3.05) is 0 Å². The van der Waals surface area contributed by atoms with Gasteiger partial charge in [0, 0.05) is 30.9 Å². The van der Waals surface area contributed by atoms with Gasteiger partial charge in [-0.2, -0.15) is 0 Å². The maximum absolute atomic E-state index is 11.8. The van der Waals surface area contributed by atoms with Crippen molar-refractivity contribution in [2.45, 2.75) is 51.4 Å². The first kappa shape index (κ1) is 15.7. The van der Waals surface area contributed by atoms with E-state index in [2.05, 4.69) is 46.2 Å². The third-order valence-electron chi connectivity index (χ3n) is 4.39. The summed E-state index contributed by atoms with van der Waals surface area (Å²) < 4.78 is 2.17. The lowest BCUT2D eigenvalue weighted by Gasteiger charge is -2.33. The summed E-state index contributed by atoms with van der Waals surface area (Å²) in [6.07, 6.45) is 5.26. The number of benzene rings is 1. The normalized spacial score (nSPS) is 21.4. The summed E-state index contributed by atoms with van der Waals surface area (Å²) in [5, 5.41) is 6.71. The molecule has 0 aliphatic carbocycles. The van der Waals surface area contributed by atoms with E-state index in [0.717, 1.165) is 17.8 Å². The Labute approximate surface area is 137 Å². The highest BCUT2D eigenvalue weighted by atomic mass is 16.1. The van der Waals surface area contributed by atoms with Gasteiger partial charge < -0.3 is 15.2 Å². The highest BCUT2D eigenvalue weighted by molar-refractivity contribution is 5.77. The van der Waals surface area contributed by atoms with Crippen molar-refractivity contribution in [1.82, 2.24) is 20.2 Å². The molecule has 1 aliphatic heterocycles. The van der Waals surface area contributed by atoms with E-state index in [1.807, 2.05) is 30.6 Å². The summed E-state index contributed by atoms with van der Waals surface area (Å²) >= 11 is 0. The number of nitrogens with zero attached hydrogens (tertiary/aromatic N) is 2. The zero-order chi connectivity index (χ0) is 16.2. The highest BCUT2D eigenvalue weighted by Crippen LogP contribution is 2.24. The van der Waals surface area contributed by atoms with Crippen LogP contribution in [0.2, 0.25) is 0 Å². The number of rotatable bonds is 5. The first-order valence-electron chi connectivity index (χ1n) is 8.24. The number of carbonyl (C=O) groups is 1. The Morgan fingerprint density at radius 1 is 1.35 bits per heavy atom. The molecule has 23 heavy (non-hydrogen) atoms. The fourth-order valence-corrected chi connectivity index (χ4v) is 3.17. The first-order valence-corrected chi connectivity index (χ1v) is 8.24. The van der Waals surface area contributed by atoms with Crippen LogP contribution in [0.25, 0.3) is 0 Å². The number of carbonyl (C=O) groups excluding carboxylic acids is 1. The molecule has 122 valence electrons. The SMILES string of the molecule is CC(C)n1ccnc1CN[C@@H]1CCC(=O)N[C@H]1c1ccccc1. The minimum atomic E-state index is 0.0138. The second kappa shape index (κ2) is 6.96. The Morgan fingerprint density at radius 3 is 2.87 bits per heavy atom. The van der Waals surface area contributed by atoms with Gasteiger partial charge >= 0.3 is 0 Å². The number of piperidine rings is 1. The summed E-state index contributed by atoms with van der Waals surface area (Å²) in [6.45, 7) is 5.01. The molecule has 0 unspecified atom stereocenters. The summed E-state index contributed by atoms with van der Waals surface area (Å²) in [5.41, 5.74) is 1.14. The fraction of sp³-hybridized carbons (Fsp3) is 0.444. The fourth-order valence-electron chi connectivity index (χ4n) is 3.17. The van der Waals surface area contributed by atoms with Crippen molar-refractivity contribution >= 4 is 5.91 Å². The van der Waals surface area contributed by atoms with Gasteiger partial charge in [-0.1, -0.05) is 30.3 Å². The van der Waals surface area contributed by atoms with Crippen LogP contribution in [-0.4, -0.2) is 21.5 Å². The molecule has 2 N–H and O–H groups in total. The molecule has 0 bridgehead atoms. The van der Waals surface area contributed by atoms with Gasteiger partial charge in [0.05, 0.1) is 12.6 Å². The van der Waals surface area contributed by atoms with Crippen LogP contribution in [0.5, 0.6) is 0 Å². The van der Waals surface area contributed by atoms with Crippen molar-refractivity contribution in [3.05, 3.63) is 54.1 Å². The molecule has 0 saturated carbocycles.